The number of benzene rings is 1. The van der Waals surface area contributed by atoms with E-state index in [9.17, 15) is 5.11 Å². The first-order valence-electron chi connectivity index (χ1n) is 4.29. The number of rotatable bonds is 3. The maximum absolute atomic E-state index is 9.43. The van der Waals surface area contributed by atoms with E-state index in [0.29, 0.717) is 11.9 Å². The van der Waals surface area contributed by atoms with Crippen molar-refractivity contribution in [3.05, 3.63) is 29.8 Å². The molecular formula is C9H13BO3. The van der Waals surface area contributed by atoms with Gasteiger partial charge in [-0.3, -0.25) is 0 Å². The maximum Gasteiger partial charge on any atom is 0.488 e. The molecule has 1 aromatic rings. The molecule has 1 atom stereocenters. The van der Waals surface area contributed by atoms with E-state index in [-0.39, 0.29) is 0 Å². The lowest BCUT2D eigenvalue weighted by Gasteiger charge is -2.08. The molecule has 0 spiro atoms. The van der Waals surface area contributed by atoms with Crippen molar-refractivity contribution in [3.63, 3.8) is 0 Å². The molecule has 1 unspecified atom stereocenters. The fourth-order valence-electron chi connectivity index (χ4n) is 1.13. The van der Waals surface area contributed by atoms with E-state index < -0.39 is 13.2 Å². The summed E-state index contributed by atoms with van der Waals surface area (Å²) in [5, 5.41) is 27.0. The van der Waals surface area contributed by atoms with Crippen LogP contribution in [0.2, 0.25) is 0 Å². The summed E-state index contributed by atoms with van der Waals surface area (Å²) in [5.74, 6) is 0. The molecule has 0 aliphatic heterocycles. The lowest BCUT2D eigenvalue weighted by Crippen LogP contribution is -2.29. The number of hydrogen-bond donors (Lipinski definition) is 3. The molecule has 70 valence electrons. The van der Waals surface area contributed by atoms with Gasteiger partial charge < -0.3 is 15.2 Å². The average Bonchev–Trinajstić information content (AvgIpc) is 2.17. The molecular weight excluding hydrogens is 167 g/mol. The van der Waals surface area contributed by atoms with Gasteiger partial charge in [-0.2, -0.15) is 0 Å². The Morgan fingerprint density at radius 3 is 2.15 bits per heavy atom. The lowest BCUT2D eigenvalue weighted by molar-refractivity contribution is 0.173. The monoisotopic (exact) mass is 180 g/mol. The van der Waals surface area contributed by atoms with Crippen molar-refractivity contribution < 1.29 is 15.2 Å². The Morgan fingerprint density at radius 2 is 1.77 bits per heavy atom. The summed E-state index contributed by atoms with van der Waals surface area (Å²) in [7, 11) is -1.44. The van der Waals surface area contributed by atoms with E-state index in [4.69, 9.17) is 10.0 Å². The second kappa shape index (κ2) is 4.41. The molecule has 0 bridgehead atoms. The first kappa shape index (κ1) is 10.2. The molecule has 0 aliphatic rings. The van der Waals surface area contributed by atoms with E-state index in [2.05, 4.69) is 0 Å². The highest BCUT2D eigenvalue weighted by Gasteiger charge is 2.11. The van der Waals surface area contributed by atoms with Crippen LogP contribution in [0.5, 0.6) is 0 Å². The summed E-state index contributed by atoms with van der Waals surface area (Å²) in [4.78, 5) is 0. The van der Waals surface area contributed by atoms with Gasteiger partial charge in [0.2, 0.25) is 0 Å². The number of hydrogen-bond acceptors (Lipinski definition) is 3. The smallest absolute Gasteiger partial charge is 0.423 e. The van der Waals surface area contributed by atoms with Crippen molar-refractivity contribution in [2.75, 3.05) is 0 Å². The van der Waals surface area contributed by atoms with Crippen molar-refractivity contribution in [3.8, 4) is 0 Å². The topological polar surface area (TPSA) is 60.7 Å². The standard InChI is InChI=1S/C9H13BO3/c1-2-9(11)7-3-5-8(6-4-7)10(12)13/h3-6,9,11-13H,2H2,1H3. The predicted molar refractivity (Wildman–Crippen MR) is 51.5 cm³/mol. The normalized spacial score (nSPS) is 12.6. The number of aliphatic hydroxyl groups is 1. The molecule has 1 rings (SSSR count). The molecule has 0 radical (unpaired) electrons. The Labute approximate surface area is 77.8 Å². The summed E-state index contributed by atoms with van der Waals surface area (Å²) >= 11 is 0. The minimum absolute atomic E-state index is 0.437. The van der Waals surface area contributed by atoms with Gasteiger partial charge in [-0.05, 0) is 17.4 Å². The second-order valence-electron chi connectivity index (χ2n) is 2.96. The molecule has 4 heteroatoms. The minimum atomic E-state index is -1.44. The Hall–Kier alpha value is -0.835. The van der Waals surface area contributed by atoms with Crippen LogP contribution in [-0.4, -0.2) is 22.3 Å². The highest BCUT2D eigenvalue weighted by molar-refractivity contribution is 6.58. The lowest BCUT2D eigenvalue weighted by atomic mass is 9.80. The highest BCUT2D eigenvalue weighted by Crippen LogP contribution is 2.13. The van der Waals surface area contributed by atoms with Gasteiger partial charge in [0.15, 0.2) is 0 Å². The third kappa shape index (κ3) is 2.55. The zero-order chi connectivity index (χ0) is 9.84. The SMILES string of the molecule is CCC(O)c1ccc(B(O)O)cc1. The van der Waals surface area contributed by atoms with Crippen LogP contribution in [0.15, 0.2) is 24.3 Å². The molecule has 13 heavy (non-hydrogen) atoms. The van der Waals surface area contributed by atoms with Crippen molar-refractivity contribution >= 4 is 12.6 Å². The molecule has 1 aromatic carbocycles. The Kier molecular flexibility index (Phi) is 3.48. The predicted octanol–water partition coefficient (Wildman–Crippen LogP) is -0.190. The Morgan fingerprint density at radius 1 is 1.23 bits per heavy atom. The average molecular weight is 180 g/mol. The molecule has 3 N–H and O–H groups in total. The fraction of sp³-hybridized carbons (Fsp3) is 0.333. The van der Waals surface area contributed by atoms with Crippen molar-refractivity contribution in [2.24, 2.45) is 0 Å². The van der Waals surface area contributed by atoms with Crippen LogP contribution in [-0.2, 0) is 0 Å². The van der Waals surface area contributed by atoms with Gasteiger partial charge >= 0.3 is 7.12 Å². The Bertz CT molecular complexity index is 258. The molecule has 0 aliphatic carbocycles. The second-order valence-corrected chi connectivity index (χ2v) is 2.96. The minimum Gasteiger partial charge on any atom is -0.423 e. The van der Waals surface area contributed by atoms with Gasteiger partial charge in [-0.1, -0.05) is 31.2 Å². The first-order valence-corrected chi connectivity index (χ1v) is 4.29. The van der Waals surface area contributed by atoms with E-state index >= 15 is 0 Å². The summed E-state index contributed by atoms with van der Waals surface area (Å²) in [6.07, 6.45) is 0.186. The van der Waals surface area contributed by atoms with Crippen LogP contribution in [0.3, 0.4) is 0 Å². The molecule has 0 fully saturated rings. The molecule has 0 saturated heterocycles. The van der Waals surface area contributed by atoms with Crippen molar-refractivity contribution in [2.45, 2.75) is 19.4 Å². The van der Waals surface area contributed by atoms with E-state index in [1.54, 1.807) is 24.3 Å². The van der Waals surface area contributed by atoms with E-state index in [1.807, 2.05) is 6.92 Å². The van der Waals surface area contributed by atoms with Crippen molar-refractivity contribution in [1.29, 1.82) is 0 Å². The zero-order valence-corrected chi connectivity index (χ0v) is 7.51. The Balaban J connectivity index is 2.81. The van der Waals surface area contributed by atoms with Crippen LogP contribution in [0.25, 0.3) is 0 Å². The summed E-state index contributed by atoms with van der Waals surface area (Å²) in [6.45, 7) is 1.89. The fourth-order valence-corrected chi connectivity index (χ4v) is 1.13. The van der Waals surface area contributed by atoms with Gasteiger partial charge in [0.05, 0.1) is 6.10 Å². The van der Waals surface area contributed by atoms with Gasteiger partial charge in [-0.25, -0.2) is 0 Å². The van der Waals surface area contributed by atoms with Gasteiger partial charge in [0.25, 0.3) is 0 Å². The van der Waals surface area contributed by atoms with E-state index in [0.717, 1.165) is 5.56 Å². The molecule has 0 saturated carbocycles. The largest absolute Gasteiger partial charge is 0.488 e. The van der Waals surface area contributed by atoms with Crippen LogP contribution in [0, 0.1) is 0 Å². The van der Waals surface area contributed by atoms with Gasteiger partial charge in [-0.15, -0.1) is 0 Å². The summed E-state index contributed by atoms with van der Waals surface area (Å²) in [5.41, 5.74) is 1.24. The third-order valence-electron chi connectivity index (χ3n) is 2.01. The molecule has 0 heterocycles. The highest BCUT2D eigenvalue weighted by atomic mass is 16.4. The van der Waals surface area contributed by atoms with Crippen LogP contribution < -0.4 is 5.46 Å². The van der Waals surface area contributed by atoms with Crippen LogP contribution in [0.1, 0.15) is 25.0 Å². The summed E-state index contributed by atoms with van der Waals surface area (Å²) < 4.78 is 0. The molecule has 0 aromatic heterocycles. The quantitative estimate of drug-likeness (QED) is 0.565. The van der Waals surface area contributed by atoms with E-state index in [1.165, 1.54) is 0 Å². The van der Waals surface area contributed by atoms with Gasteiger partial charge in [0.1, 0.15) is 0 Å². The molecule has 0 amide bonds. The molecule has 3 nitrogen and oxygen atoms in total. The van der Waals surface area contributed by atoms with Gasteiger partial charge in [0, 0.05) is 0 Å². The number of aliphatic hydroxyl groups excluding tert-OH is 1. The van der Waals surface area contributed by atoms with Crippen LogP contribution in [0.4, 0.5) is 0 Å². The van der Waals surface area contributed by atoms with Crippen molar-refractivity contribution in [1.82, 2.24) is 0 Å². The summed E-state index contributed by atoms with van der Waals surface area (Å²) in [6, 6.07) is 6.59. The first-order chi connectivity index (χ1) is 6.15. The third-order valence-corrected chi connectivity index (χ3v) is 2.01. The zero-order valence-electron chi connectivity index (χ0n) is 7.51. The van der Waals surface area contributed by atoms with Crippen LogP contribution >= 0.6 is 0 Å². The maximum atomic E-state index is 9.43.